The van der Waals surface area contributed by atoms with Crippen LogP contribution in [0.1, 0.15) is 0 Å². The predicted octanol–water partition coefficient (Wildman–Crippen LogP) is -1.35. The third-order valence-corrected chi connectivity index (χ3v) is 0. The second-order valence-corrected chi connectivity index (χ2v) is 8.98. The Morgan fingerprint density at radius 2 is 0.636 bits per heavy atom. The minimum Gasteiger partial charge on any atom is -0.801 e. The standard InChI is InChI=1S/Au.2H2O2S3/c;2*1-5(2,3)4/h;2*(H2,1,2,3,4)/p-4. The summed E-state index contributed by atoms with van der Waals surface area (Å²) in [6.07, 6.45) is 0. The Morgan fingerprint density at radius 3 is 0.636 bits per heavy atom. The first kappa shape index (κ1) is 18.9. The van der Waals surface area contributed by atoms with E-state index in [0.717, 1.165) is 0 Å². The zero-order chi connectivity index (χ0) is 9.00. The van der Waals surface area contributed by atoms with E-state index in [-0.39, 0.29) is 22.4 Å². The average molecular weight is 453 g/mol. The Labute approximate surface area is 99.6 Å². The van der Waals surface area contributed by atoms with Crippen molar-refractivity contribution in [3.05, 3.63) is 0 Å². The van der Waals surface area contributed by atoms with Gasteiger partial charge in [0, 0.05) is 22.4 Å². The van der Waals surface area contributed by atoms with Gasteiger partial charge in [-0.1, -0.05) is 44.8 Å². The molecule has 0 aliphatic rings. The smallest absolute Gasteiger partial charge is 0 e. The molecule has 0 heterocycles. The van der Waals surface area contributed by atoms with Crippen LogP contribution in [0.15, 0.2) is 0 Å². The summed E-state index contributed by atoms with van der Waals surface area (Å²) in [5, 5.41) is 0. The van der Waals surface area contributed by atoms with Crippen molar-refractivity contribution in [3.8, 4) is 0 Å². The van der Waals surface area contributed by atoms with E-state index in [1.807, 2.05) is 0 Å². The Morgan fingerprint density at radius 1 is 0.636 bits per heavy atom. The Hall–Kier alpha value is 2.16. The molecule has 0 saturated heterocycles. The fourth-order valence-corrected chi connectivity index (χ4v) is 0. The zero-order valence-electron chi connectivity index (χ0n) is 4.38. The van der Waals surface area contributed by atoms with Crippen LogP contribution in [-0.4, -0.2) is 18.2 Å². The molecule has 11 heteroatoms. The molecule has 0 aromatic heterocycles. The van der Waals surface area contributed by atoms with Gasteiger partial charge in [-0.2, -0.15) is 0 Å². The summed E-state index contributed by atoms with van der Waals surface area (Å²) in [6, 6.07) is 0. The molecule has 0 fully saturated rings. The van der Waals surface area contributed by atoms with Crippen LogP contribution in [0.4, 0.5) is 0 Å². The molecule has 0 bridgehead atoms. The summed E-state index contributed by atoms with van der Waals surface area (Å²) >= 11 is 14.5. The molecule has 75 valence electrons. The molecule has 1 radical (unpaired) electrons. The third kappa shape index (κ3) is 269. The minimum atomic E-state index is -3.50. The van der Waals surface area contributed by atoms with Crippen molar-refractivity contribution in [2.45, 2.75) is 0 Å². The van der Waals surface area contributed by atoms with Gasteiger partial charge in [0.2, 0.25) is 0 Å². The molecule has 0 amide bonds. The van der Waals surface area contributed by atoms with Crippen molar-refractivity contribution < 1.29 is 40.6 Å². The molecule has 0 saturated carbocycles. The summed E-state index contributed by atoms with van der Waals surface area (Å²) in [5.41, 5.74) is 0. The van der Waals surface area contributed by atoms with Crippen LogP contribution in [0.25, 0.3) is 0 Å². The fraction of sp³-hybridized carbons (Fsp3) is 0. The minimum absolute atomic E-state index is 0. The molecule has 0 spiro atoms. The second-order valence-electron chi connectivity index (χ2n) is 0.816. The molecule has 11 heavy (non-hydrogen) atoms. The van der Waals surface area contributed by atoms with E-state index in [2.05, 4.69) is 44.8 Å². The summed E-state index contributed by atoms with van der Waals surface area (Å²) in [7, 11) is -7.00. The summed E-state index contributed by atoms with van der Waals surface area (Å²) < 4.78 is 37.0. The van der Waals surface area contributed by atoms with Gasteiger partial charge in [0.25, 0.3) is 0 Å². The summed E-state index contributed by atoms with van der Waals surface area (Å²) in [4.78, 5) is 0. The monoisotopic (exact) mass is 453 g/mol. The van der Waals surface area contributed by atoms with Gasteiger partial charge in [0.1, 0.15) is 0 Å². The number of hydrogen-bond acceptors (Lipinski definition) is 8. The van der Waals surface area contributed by atoms with Crippen molar-refractivity contribution in [1.82, 2.24) is 0 Å². The normalized spacial score (nSPS) is 10.5. The number of hydrogen-bond donors (Lipinski definition) is 0. The number of rotatable bonds is 0. The van der Waals surface area contributed by atoms with Gasteiger partial charge in [0.05, 0.1) is 0 Å². The quantitative estimate of drug-likeness (QED) is 0.416. The van der Waals surface area contributed by atoms with Crippen LogP contribution in [0.3, 0.4) is 0 Å². The first-order chi connectivity index (χ1) is 4.00. The maximum absolute atomic E-state index is 9.26. The second kappa shape index (κ2) is 7.55. The van der Waals surface area contributed by atoms with E-state index < -0.39 is 15.4 Å². The van der Waals surface area contributed by atoms with Crippen LogP contribution in [0.5, 0.6) is 0 Å². The topological polar surface area (TPSA) is 92.2 Å². The van der Waals surface area contributed by atoms with Crippen LogP contribution >= 0.6 is 0 Å². The van der Waals surface area contributed by atoms with Gasteiger partial charge in [-0.25, -0.2) is 15.4 Å². The maximum atomic E-state index is 9.26. The molecule has 0 unspecified atom stereocenters. The van der Waals surface area contributed by atoms with Crippen LogP contribution in [-0.2, 0) is 82.5 Å². The molecular formula is AuO4S6-4. The van der Waals surface area contributed by atoms with Gasteiger partial charge in [0.15, 0.2) is 0 Å². The molecule has 0 rings (SSSR count). The van der Waals surface area contributed by atoms with Crippen molar-refractivity contribution >= 4 is 60.2 Å². The summed E-state index contributed by atoms with van der Waals surface area (Å²) in [6.45, 7) is 0. The van der Waals surface area contributed by atoms with Gasteiger partial charge >= 0.3 is 0 Å². The third-order valence-electron chi connectivity index (χ3n) is 0. The summed E-state index contributed by atoms with van der Waals surface area (Å²) in [5.74, 6) is 0. The SMILES string of the molecule is [Au].[O-]S([O-])(=S)=S.[O-]S([O-])(=S)=S. The molecule has 0 aromatic rings. The van der Waals surface area contributed by atoms with E-state index in [0.29, 0.717) is 0 Å². The van der Waals surface area contributed by atoms with Crippen molar-refractivity contribution in [3.63, 3.8) is 0 Å². The van der Waals surface area contributed by atoms with E-state index in [1.165, 1.54) is 0 Å². The van der Waals surface area contributed by atoms with Crippen molar-refractivity contribution in [2.24, 2.45) is 0 Å². The van der Waals surface area contributed by atoms with Crippen molar-refractivity contribution in [2.75, 3.05) is 0 Å². The van der Waals surface area contributed by atoms with Gasteiger partial charge in [-0.15, -0.1) is 0 Å². The van der Waals surface area contributed by atoms with Gasteiger partial charge < -0.3 is 18.2 Å². The molecule has 0 aromatic carbocycles. The first-order valence-electron chi connectivity index (χ1n) is 1.33. The zero-order valence-corrected chi connectivity index (χ0v) is 11.4. The van der Waals surface area contributed by atoms with Crippen LogP contribution in [0, 0.1) is 0 Å². The van der Waals surface area contributed by atoms with E-state index in [4.69, 9.17) is 0 Å². The molecule has 0 aliphatic heterocycles. The molecule has 0 N–H and O–H groups in total. The molecular weight excluding hydrogens is 453 g/mol. The van der Waals surface area contributed by atoms with E-state index in [1.54, 1.807) is 0 Å². The maximum Gasteiger partial charge on any atom is 0 e. The van der Waals surface area contributed by atoms with Gasteiger partial charge in [-0.05, 0) is 0 Å². The van der Waals surface area contributed by atoms with E-state index in [9.17, 15) is 18.2 Å². The Kier molecular flexibility index (Phi) is 12.9. The molecule has 0 atom stereocenters. The van der Waals surface area contributed by atoms with Crippen LogP contribution in [0.2, 0.25) is 0 Å². The average Bonchev–Trinajstić information content (AvgIpc) is 1.12. The Bertz CT molecular complexity index is 211. The van der Waals surface area contributed by atoms with Gasteiger partial charge in [-0.3, -0.25) is 0 Å². The predicted molar refractivity (Wildman–Crippen MR) is 47.3 cm³/mol. The molecule has 0 aliphatic carbocycles. The fourth-order valence-electron chi connectivity index (χ4n) is 0. The van der Waals surface area contributed by atoms with Crippen LogP contribution < -0.4 is 0 Å². The molecule has 4 nitrogen and oxygen atoms in total. The first-order valence-corrected chi connectivity index (χ1v) is 8.00. The largest absolute Gasteiger partial charge is 0.801 e. The van der Waals surface area contributed by atoms with Crippen molar-refractivity contribution in [1.29, 1.82) is 0 Å². The Balaban J connectivity index is -0.000000107. The van der Waals surface area contributed by atoms with E-state index >= 15 is 0 Å².